The molecule has 1 unspecified atom stereocenters. The number of carbonyl (C=O) groups excluding carboxylic acids is 1. The summed E-state index contributed by atoms with van der Waals surface area (Å²) in [7, 11) is 0. The van der Waals surface area contributed by atoms with Crippen LogP contribution >= 0.6 is 0 Å². The van der Waals surface area contributed by atoms with Gasteiger partial charge in [0.1, 0.15) is 6.61 Å². The fraction of sp³-hybridized carbons (Fsp3) is 0.845. The van der Waals surface area contributed by atoms with Gasteiger partial charge in [-0.3, -0.25) is 14.4 Å². The van der Waals surface area contributed by atoms with Gasteiger partial charge in [-0.1, -0.05) is 211 Å². The third-order valence-corrected chi connectivity index (χ3v) is 14.0. The van der Waals surface area contributed by atoms with Crippen LogP contribution in [0.1, 0.15) is 284 Å². The molecule has 0 aliphatic heterocycles. The first kappa shape index (κ1) is 63.5. The van der Waals surface area contributed by atoms with E-state index in [9.17, 15) is 24.6 Å². The van der Waals surface area contributed by atoms with Gasteiger partial charge in [-0.25, -0.2) is 0 Å². The van der Waals surface area contributed by atoms with Crippen LogP contribution in [0.15, 0.2) is 36.5 Å². The summed E-state index contributed by atoms with van der Waals surface area (Å²) < 4.78 is 6.15. The fourth-order valence-electron chi connectivity index (χ4n) is 9.04. The number of carbonyl (C=O) groups is 3. The van der Waals surface area contributed by atoms with Crippen molar-refractivity contribution in [1.82, 2.24) is 0 Å². The second-order valence-electron chi connectivity index (χ2n) is 20.0. The first-order valence-corrected chi connectivity index (χ1v) is 28.0. The summed E-state index contributed by atoms with van der Waals surface area (Å²) in [4.78, 5) is 35.7. The van der Waals surface area contributed by atoms with Gasteiger partial charge in [0, 0.05) is 12.8 Å². The number of ether oxygens (including phenoxy) is 1. The molecule has 0 bridgehead atoms. The number of hydrogen-bond donors (Lipinski definition) is 4. The van der Waals surface area contributed by atoms with E-state index in [4.69, 9.17) is 14.9 Å². The Balaban J connectivity index is 5.22. The summed E-state index contributed by atoms with van der Waals surface area (Å²) in [5.74, 6) is -1.51. The zero-order valence-electron chi connectivity index (χ0n) is 43.2. The summed E-state index contributed by atoms with van der Waals surface area (Å²) in [5, 5.41) is 37.9. The van der Waals surface area contributed by atoms with Crippen molar-refractivity contribution in [3.8, 4) is 0 Å². The van der Waals surface area contributed by atoms with Crippen molar-refractivity contribution in [3.63, 3.8) is 0 Å². The number of rotatable bonds is 52. The van der Waals surface area contributed by atoms with Gasteiger partial charge >= 0.3 is 17.9 Å². The average Bonchev–Trinajstić information content (AvgIpc) is 3.31. The Labute approximate surface area is 406 Å². The molecular formula is C58H106O8. The molecule has 0 aromatic carbocycles. The molecule has 0 aromatic heterocycles. The maximum absolute atomic E-state index is 14.4. The van der Waals surface area contributed by atoms with E-state index < -0.39 is 22.8 Å². The van der Waals surface area contributed by atoms with Crippen LogP contribution in [0.2, 0.25) is 0 Å². The zero-order valence-corrected chi connectivity index (χ0v) is 43.2. The minimum atomic E-state index is -0.808. The van der Waals surface area contributed by atoms with Crippen LogP contribution in [0.3, 0.4) is 0 Å². The van der Waals surface area contributed by atoms with Crippen LogP contribution < -0.4 is 0 Å². The lowest BCUT2D eigenvalue weighted by molar-refractivity contribution is -0.164. The Kier molecular flexibility index (Phi) is 45.8. The average molecular weight is 931 g/mol. The summed E-state index contributed by atoms with van der Waals surface area (Å²) in [6.45, 7) is 3.85. The Bertz CT molecular complexity index is 1180. The molecule has 4 N–H and O–H groups in total. The summed E-state index contributed by atoms with van der Waals surface area (Å²) in [6, 6.07) is 0. The maximum atomic E-state index is 14.4. The number of unbranched alkanes of at least 4 members (excludes halogenated alkanes) is 30. The normalized spacial score (nSPS) is 13.1. The van der Waals surface area contributed by atoms with Gasteiger partial charge in [0.05, 0.1) is 24.0 Å². The molecule has 0 fully saturated rings. The molecule has 0 heterocycles. The predicted octanol–water partition coefficient (Wildman–Crippen LogP) is 16.7. The number of hydrogen-bond acceptors (Lipinski definition) is 6. The molecule has 8 nitrogen and oxygen atoms in total. The van der Waals surface area contributed by atoms with Crippen molar-refractivity contribution >= 4 is 17.9 Å². The monoisotopic (exact) mass is 931 g/mol. The van der Waals surface area contributed by atoms with Crippen LogP contribution in [-0.2, 0) is 19.1 Å². The molecule has 0 saturated heterocycles. The molecule has 0 spiro atoms. The van der Waals surface area contributed by atoms with Gasteiger partial charge in [-0.15, -0.1) is 0 Å². The SMILES string of the molecule is CCCCCCCC/C=C\CCCCCCC(CCCCC/C=C\C/C=C\CCCCCCCC(=O)O)(CCCCCCCCCCCCCCCC(=O)O)C(=O)OCC(CC)(CO)CO. The van der Waals surface area contributed by atoms with E-state index in [2.05, 4.69) is 43.4 Å². The Hall–Kier alpha value is -2.45. The lowest BCUT2D eigenvalue weighted by atomic mass is 9.73. The lowest BCUT2D eigenvalue weighted by Crippen LogP contribution is -2.40. The van der Waals surface area contributed by atoms with E-state index in [-0.39, 0.29) is 32.2 Å². The first-order valence-electron chi connectivity index (χ1n) is 28.0. The third-order valence-electron chi connectivity index (χ3n) is 14.0. The van der Waals surface area contributed by atoms with E-state index in [0.717, 1.165) is 141 Å². The number of allylic oxidation sites excluding steroid dienone is 6. The third kappa shape index (κ3) is 39.5. The van der Waals surface area contributed by atoms with Crippen molar-refractivity contribution in [3.05, 3.63) is 36.5 Å². The molecule has 66 heavy (non-hydrogen) atoms. The number of aliphatic hydroxyl groups is 2. The smallest absolute Gasteiger partial charge is 0.312 e. The number of carboxylic acid groups (broad SMARTS) is 2. The van der Waals surface area contributed by atoms with Crippen molar-refractivity contribution in [2.45, 2.75) is 284 Å². The van der Waals surface area contributed by atoms with E-state index in [0.29, 0.717) is 12.8 Å². The molecule has 0 rings (SSSR count). The summed E-state index contributed by atoms with van der Waals surface area (Å²) in [5.41, 5.74) is -1.34. The van der Waals surface area contributed by atoms with Crippen molar-refractivity contribution in [2.24, 2.45) is 10.8 Å². The second-order valence-corrected chi connectivity index (χ2v) is 20.0. The van der Waals surface area contributed by atoms with Crippen molar-refractivity contribution in [1.29, 1.82) is 0 Å². The standard InChI is InChI=1S/C58H106O8/c1-3-5-6-7-8-9-10-11-18-23-28-33-38-43-48-58(56(65)66-53-57(4-2,51-59)52-60,50-45-40-35-30-25-20-15-17-22-27-32-37-42-47-55(63)64)49-44-39-34-29-24-19-14-12-13-16-21-26-31-36-41-46-54(61)62/h11-13,18-19,24,59-60H,3-10,14-17,20-23,25-53H2,1-2H3,(H,61,62)(H,63,64)/b13-12-,18-11-,24-19-. The molecule has 386 valence electrons. The minimum Gasteiger partial charge on any atom is -0.481 e. The van der Waals surface area contributed by atoms with E-state index in [1.165, 1.54) is 109 Å². The lowest BCUT2D eigenvalue weighted by Gasteiger charge is -2.35. The van der Waals surface area contributed by atoms with Gasteiger partial charge in [-0.2, -0.15) is 0 Å². The molecule has 0 aliphatic carbocycles. The highest BCUT2D eigenvalue weighted by Crippen LogP contribution is 2.40. The molecule has 0 saturated carbocycles. The number of aliphatic carboxylic acids is 2. The number of esters is 1. The molecule has 0 aromatic rings. The van der Waals surface area contributed by atoms with Crippen molar-refractivity contribution < 1.29 is 39.5 Å². The summed E-state index contributed by atoms with van der Waals surface area (Å²) >= 11 is 0. The van der Waals surface area contributed by atoms with E-state index in [1.807, 2.05) is 6.92 Å². The van der Waals surface area contributed by atoms with Gasteiger partial charge in [0.25, 0.3) is 0 Å². The number of aliphatic hydroxyl groups excluding tert-OH is 2. The van der Waals surface area contributed by atoms with Crippen molar-refractivity contribution in [2.75, 3.05) is 19.8 Å². The van der Waals surface area contributed by atoms with Crippen LogP contribution in [0, 0.1) is 10.8 Å². The molecule has 0 radical (unpaired) electrons. The van der Waals surface area contributed by atoms with E-state index in [1.54, 1.807) is 0 Å². The molecular weight excluding hydrogens is 825 g/mol. The van der Waals surface area contributed by atoms with Gasteiger partial charge in [0.2, 0.25) is 0 Å². The minimum absolute atomic E-state index is 0.0563. The predicted molar refractivity (Wildman–Crippen MR) is 278 cm³/mol. The van der Waals surface area contributed by atoms with Crippen LogP contribution in [0.4, 0.5) is 0 Å². The Morgan fingerprint density at radius 2 is 0.712 bits per heavy atom. The first-order chi connectivity index (χ1) is 32.2. The highest BCUT2D eigenvalue weighted by Gasteiger charge is 2.40. The molecule has 1 atom stereocenters. The Morgan fingerprint density at radius 3 is 1.05 bits per heavy atom. The second kappa shape index (κ2) is 47.6. The fourth-order valence-corrected chi connectivity index (χ4v) is 9.04. The quantitative estimate of drug-likeness (QED) is 0.0268. The van der Waals surface area contributed by atoms with E-state index >= 15 is 0 Å². The molecule has 8 heteroatoms. The van der Waals surface area contributed by atoms with Gasteiger partial charge < -0.3 is 25.2 Å². The van der Waals surface area contributed by atoms with Gasteiger partial charge in [0.15, 0.2) is 0 Å². The van der Waals surface area contributed by atoms with Gasteiger partial charge in [-0.05, 0) is 96.3 Å². The molecule has 0 amide bonds. The van der Waals surface area contributed by atoms with Crippen LogP contribution in [-0.4, -0.2) is 58.2 Å². The maximum Gasteiger partial charge on any atom is 0.312 e. The Morgan fingerprint density at radius 1 is 0.409 bits per heavy atom. The zero-order chi connectivity index (χ0) is 48.5. The summed E-state index contributed by atoms with van der Waals surface area (Å²) in [6.07, 6.45) is 58.7. The van der Waals surface area contributed by atoms with Crippen LogP contribution in [0.5, 0.6) is 0 Å². The largest absolute Gasteiger partial charge is 0.481 e. The van der Waals surface area contributed by atoms with Crippen LogP contribution in [0.25, 0.3) is 0 Å². The molecule has 0 aliphatic rings. The highest BCUT2D eigenvalue weighted by atomic mass is 16.5. The number of carboxylic acids is 2. The topological polar surface area (TPSA) is 141 Å². The highest BCUT2D eigenvalue weighted by molar-refractivity contribution is 5.77.